The molecule has 1 aromatic carbocycles. The number of thiophene rings is 1. The number of benzene rings is 1. The van der Waals surface area contributed by atoms with E-state index in [0.717, 1.165) is 23.2 Å². The van der Waals surface area contributed by atoms with E-state index in [4.69, 9.17) is 0 Å². The summed E-state index contributed by atoms with van der Waals surface area (Å²) in [5, 5.41) is 5.86. The highest BCUT2D eigenvalue weighted by molar-refractivity contribution is 7.89. The SMILES string of the molecule is C=CCn1c(C(=O)N[C@H](CCC)c2cccs2)cc2cc(S(=O)(=O)N(C)C)ccc21. The third-order valence-electron chi connectivity index (χ3n) is 4.96. The second-order valence-corrected chi connectivity index (χ2v) is 10.4. The predicted octanol–water partition coefficient (Wildman–Crippen LogP) is 4.41. The molecule has 1 N–H and O–H groups in total. The number of allylic oxidation sites excluding steroid dienone is 1. The van der Waals surface area contributed by atoms with Crippen molar-refractivity contribution >= 4 is 38.2 Å². The predicted molar refractivity (Wildman–Crippen MR) is 122 cm³/mol. The van der Waals surface area contributed by atoms with Crippen molar-refractivity contribution in [1.29, 1.82) is 0 Å². The number of amides is 1. The van der Waals surface area contributed by atoms with Gasteiger partial charge in [0.15, 0.2) is 0 Å². The van der Waals surface area contributed by atoms with E-state index < -0.39 is 10.0 Å². The first-order chi connectivity index (χ1) is 14.3. The van der Waals surface area contributed by atoms with Crippen LogP contribution in [0.3, 0.4) is 0 Å². The Hall–Kier alpha value is -2.42. The van der Waals surface area contributed by atoms with Crippen molar-refractivity contribution in [3.8, 4) is 0 Å². The van der Waals surface area contributed by atoms with Gasteiger partial charge in [-0.2, -0.15) is 0 Å². The molecule has 2 aromatic heterocycles. The van der Waals surface area contributed by atoms with Crippen LogP contribution in [0.5, 0.6) is 0 Å². The van der Waals surface area contributed by atoms with E-state index in [2.05, 4.69) is 18.8 Å². The van der Waals surface area contributed by atoms with Crippen LogP contribution in [0.15, 0.2) is 59.3 Å². The second kappa shape index (κ2) is 9.16. The molecule has 1 amide bonds. The molecule has 0 saturated carbocycles. The Morgan fingerprint density at radius 2 is 2.07 bits per heavy atom. The normalized spacial score (nSPS) is 12.9. The van der Waals surface area contributed by atoms with Gasteiger partial charge in [0, 0.05) is 36.4 Å². The van der Waals surface area contributed by atoms with Crippen LogP contribution in [0, 0.1) is 0 Å². The van der Waals surface area contributed by atoms with Crippen molar-refractivity contribution in [2.24, 2.45) is 0 Å². The summed E-state index contributed by atoms with van der Waals surface area (Å²) in [7, 11) is -0.556. The zero-order valence-electron chi connectivity index (χ0n) is 17.5. The molecule has 0 saturated heterocycles. The van der Waals surface area contributed by atoms with Gasteiger partial charge in [-0.15, -0.1) is 17.9 Å². The number of nitrogens with one attached hydrogen (secondary N) is 1. The van der Waals surface area contributed by atoms with Crippen molar-refractivity contribution in [1.82, 2.24) is 14.2 Å². The highest BCUT2D eigenvalue weighted by atomic mass is 32.2. The van der Waals surface area contributed by atoms with E-state index in [1.165, 1.54) is 18.4 Å². The maximum absolute atomic E-state index is 13.2. The van der Waals surface area contributed by atoms with Gasteiger partial charge in [0.25, 0.3) is 5.91 Å². The van der Waals surface area contributed by atoms with Gasteiger partial charge < -0.3 is 9.88 Å². The second-order valence-electron chi connectivity index (χ2n) is 7.27. The van der Waals surface area contributed by atoms with Crippen LogP contribution >= 0.6 is 11.3 Å². The molecule has 0 aliphatic carbocycles. The lowest BCUT2D eigenvalue weighted by Crippen LogP contribution is -2.29. The van der Waals surface area contributed by atoms with Crippen LogP contribution in [0.2, 0.25) is 0 Å². The number of carbonyl (C=O) groups is 1. The molecule has 0 bridgehead atoms. The number of aromatic nitrogens is 1. The number of sulfonamides is 1. The molecule has 2 heterocycles. The largest absolute Gasteiger partial charge is 0.343 e. The minimum Gasteiger partial charge on any atom is -0.343 e. The van der Waals surface area contributed by atoms with Crippen LogP contribution in [0.1, 0.15) is 41.2 Å². The molecule has 0 aliphatic heterocycles. The van der Waals surface area contributed by atoms with Gasteiger partial charge in [0.05, 0.1) is 10.9 Å². The quantitative estimate of drug-likeness (QED) is 0.496. The number of fused-ring (bicyclic) bond motifs is 1. The van der Waals surface area contributed by atoms with Crippen LogP contribution in [0.4, 0.5) is 0 Å². The molecule has 160 valence electrons. The van der Waals surface area contributed by atoms with E-state index in [9.17, 15) is 13.2 Å². The first-order valence-corrected chi connectivity index (χ1v) is 12.1. The number of hydrogen-bond acceptors (Lipinski definition) is 4. The molecule has 0 aliphatic rings. The Balaban J connectivity index is 2.02. The van der Waals surface area contributed by atoms with Crippen LogP contribution in [0.25, 0.3) is 10.9 Å². The molecular formula is C22H27N3O3S2. The third kappa shape index (κ3) is 4.35. The number of nitrogens with zero attached hydrogens (tertiary/aromatic N) is 2. The zero-order chi connectivity index (χ0) is 21.9. The lowest BCUT2D eigenvalue weighted by atomic mass is 10.1. The summed E-state index contributed by atoms with van der Waals surface area (Å²) in [6.07, 6.45) is 3.52. The van der Waals surface area contributed by atoms with Crippen molar-refractivity contribution < 1.29 is 13.2 Å². The molecule has 6 nitrogen and oxygen atoms in total. The molecular weight excluding hydrogens is 418 g/mol. The fraction of sp³-hybridized carbons (Fsp3) is 0.318. The molecule has 0 spiro atoms. The monoisotopic (exact) mass is 445 g/mol. The summed E-state index contributed by atoms with van der Waals surface area (Å²) >= 11 is 1.63. The van der Waals surface area contributed by atoms with Crippen molar-refractivity contribution in [3.05, 3.63) is 65.0 Å². The average Bonchev–Trinajstić information content (AvgIpc) is 3.36. The maximum atomic E-state index is 13.2. The summed E-state index contributed by atoms with van der Waals surface area (Å²) in [6, 6.07) is 10.6. The van der Waals surface area contributed by atoms with Crippen molar-refractivity contribution in [3.63, 3.8) is 0 Å². The lowest BCUT2D eigenvalue weighted by molar-refractivity contribution is 0.0926. The minimum atomic E-state index is -3.56. The molecule has 8 heteroatoms. The van der Waals surface area contributed by atoms with Gasteiger partial charge in [-0.25, -0.2) is 12.7 Å². The Morgan fingerprint density at radius 1 is 1.30 bits per heavy atom. The molecule has 1 atom stereocenters. The van der Waals surface area contributed by atoms with Crippen molar-refractivity contribution in [2.45, 2.75) is 37.2 Å². The Kier molecular flexibility index (Phi) is 6.80. The fourth-order valence-electron chi connectivity index (χ4n) is 3.43. The highest BCUT2D eigenvalue weighted by Gasteiger charge is 2.22. The lowest BCUT2D eigenvalue weighted by Gasteiger charge is -2.17. The summed E-state index contributed by atoms with van der Waals surface area (Å²) in [5.74, 6) is -0.183. The Labute approximate surface area is 181 Å². The Morgan fingerprint density at radius 3 is 2.67 bits per heavy atom. The number of rotatable bonds is 9. The minimum absolute atomic E-state index is 0.0534. The topological polar surface area (TPSA) is 71.4 Å². The molecule has 0 radical (unpaired) electrons. The third-order valence-corrected chi connectivity index (χ3v) is 7.76. The number of hydrogen-bond donors (Lipinski definition) is 1. The Bertz CT molecular complexity index is 1150. The molecule has 0 unspecified atom stereocenters. The summed E-state index contributed by atoms with van der Waals surface area (Å²) < 4.78 is 28.0. The summed E-state index contributed by atoms with van der Waals surface area (Å²) in [6.45, 7) is 6.34. The van der Waals surface area contributed by atoms with E-state index in [-0.39, 0.29) is 16.8 Å². The molecule has 3 aromatic rings. The average molecular weight is 446 g/mol. The van der Waals surface area contributed by atoms with E-state index in [0.29, 0.717) is 17.6 Å². The van der Waals surface area contributed by atoms with E-state index in [1.54, 1.807) is 41.7 Å². The highest BCUT2D eigenvalue weighted by Crippen LogP contribution is 2.27. The van der Waals surface area contributed by atoms with Gasteiger partial charge in [0.2, 0.25) is 10.0 Å². The molecule has 30 heavy (non-hydrogen) atoms. The van der Waals surface area contributed by atoms with Gasteiger partial charge in [-0.3, -0.25) is 4.79 Å². The standard InChI is InChI=1S/C22H27N3O3S2/c1-5-8-18(21-9-7-13-29-21)23-22(26)20-15-16-14-17(30(27,28)24(3)4)10-11-19(16)25(20)12-6-2/h6-7,9-11,13-15,18H,2,5,8,12H2,1,3-4H3,(H,23,26)/t18-/m1/s1. The summed E-state index contributed by atoms with van der Waals surface area (Å²) in [5.41, 5.74) is 1.28. The van der Waals surface area contributed by atoms with Gasteiger partial charge in [-0.1, -0.05) is 25.5 Å². The van der Waals surface area contributed by atoms with Gasteiger partial charge in [-0.05, 0) is 42.1 Å². The number of carbonyl (C=O) groups excluding carboxylic acids is 1. The van der Waals surface area contributed by atoms with Crippen LogP contribution in [-0.2, 0) is 16.6 Å². The van der Waals surface area contributed by atoms with Gasteiger partial charge >= 0.3 is 0 Å². The molecule has 0 fully saturated rings. The summed E-state index contributed by atoms with van der Waals surface area (Å²) in [4.78, 5) is 14.5. The van der Waals surface area contributed by atoms with E-state index >= 15 is 0 Å². The smallest absolute Gasteiger partial charge is 0.268 e. The van der Waals surface area contributed by atoms with E-state index in [1.807, 2.05) is 22.1 Å². The van der Waals surface area contributed by atoms with Crippen molar-refractivity contribution in [2.75, 3.05) is 14.1 Å². The van der Waals surface area contributed by atoms with Crippen LogP contribution < -0.4 is 5.32 Å². The molecule has 3 rings (SSSR count). The first-order valence-electron chi connectivity index (χ1n) is 9.80. The van der Waals surface area contributed by atoms with Crippen LogP contribution in [-0.4, -0.2) is 37.3 Å². The fourth-order valence-corrected chi connectivity index (χ4v) is 5.18. The first kappa shape index (κ1) is 22.3. The zero-order valence-corrected chi connectivity index (χ0v) is 19.1. The maximum Gasteiger partial charge on any atom is 0.268 e. The van der Waals surface area contributed by atoms with Gasteiger partial charge in [0.1, 0.15) is 5.69 Å².